The summed E-state index contributed by atoms with van der Waals surface area (Å²) in [5.41, 5.74) is 0. The molecule has 0 heterocycles. The fourth-order valence-electron chi connectivity index (χ4n) is 0.836. The van der Waals surface area contributed by atoms with E-state index in [1.165, 1.54) is 0 Å². The van der Waals surface area contributed by atoms with E-state index >= 15 is 0 Å². The van der Waals surface area contributed by atoms with Gasteiger partial charge in [0.05, 0.1) is 6.10 Å². The minimum atomic E-state index is -0.499. The van der Waals surface area contributed by atoms with Crippen molar-refractivity contribution in [2.24, 2.45) is 5.18 Å². The van der Waals surface area contributed by atoms with Crippen molar-refractivity contribution in [2.75, 3.05) is 0 Å². The second kappa shape index (κ2) is 5.35. The summed E-state index contributed by atoms with van der Waals surface area (Å²) >= 11 is 0. The van der Waals surface area contributed by atoms with Crippen molar-refractivity contribution in [3.05, 3.63) is 4.91 Å². The van der Waals surface area contributed by atoms with Crippen LogP contribution in [0.2, 0.25) is 0 Å². The zero-order chi connectivity index (χ0) is 7.98. The minimum Gasteiger partial charge on any atom is -0.350 e. The molecule has 0 bridgehead atoms. The summed E-state index contributed by atoms with van der Waals surface area (Å²) in [6.45, 7) is 5.68. The first-order valence-electron chi connectivity index (χ1n) is 3.68. The molecule has 2 atom stereocenters. The van der Waals surface area contributed by atoms with E-state index in [9.17, 15) is 4.91 Å². The molecule has 0 saturated carbocycles. The van der Waals surface area contributed by atoms with Gasteiger partial charge in [0.25, 0.3) is 0 Å². The van der Waals surface area contributed by atoms with Crippen LogP contribution in [0.3, 0.4) is 0 Å². The summed E-state index contributed by atoms with van der Waals surface area (Å²) in [5.74, 6) is 0. The Balaban J connectivity index is 3.36. The van der Waals surface area contributed by atoms with Crippen LogP contribution in [-0.2, 0) is 4.74 Å². The smallest absolute Gasteiger partial charge is 0.187 e. The fraction of sp³-hybridized carbons (Fsp3) is 1.00. The summed E-state index contributed by atoms with van der Waals surface area (Å²) in [7, 11) is 0. The molecule has 0 aliphatic heterocycles. The summed E-state index contributed by atoms with van der Waals surface area (Å²) in [4.78, 5) is 9.87. The van der Waals surface area contributed by atoms with Crippen LogP contribution in [0.1, 0.15) is 33.6 Å². The maximum Gasteiger partial charge on any atom is 0.187 e. The monoisotopic (exact) mass is 145 g/mol. The van der Waals surface area contributed by atoms with Crippen LogP contribution in [0.4, 0.5) is 0 Å². The van der Waals surface area contributed by atoms with Crippen LogP contribution >= 0.6 is 0 Å². The number of rotatable bonds is 5. The van der Waals surface area contributed by atoms with Gasteiger partial charge in [-0.3, -0.25) is 0 Å². The van der Waals surface area contributed by atoms with Gasteiger partial charge in [-0.2, -0.15) is 0 Å². The maximum atomic E-state index is 9.87. The molecule has 3 heteroatoms. The third-order valence-corrected chi connectivity index (χ3v) is 1.27. The number of ether oxygens (including phenoxy) is 1. The summed E-state index contributed by atoms with van der Waals surface area (Å²) in [6, 6.07) is 0. The summed E-state index contributed by atoms with van der Waals surface area (Å²) < 4.78 is 5.16. The topological polar surface area (TPSA) is 38.7 Å². The molecule has 0 fully saturated rings. The Morgan fingerprint density at radius 2 is 2.10 bits per heavy atom. The number of hydrogen-bond donors (Lipinski definition) is 0. The zero-order valence-electron chi connectivity index (χ0n) is 6.83. The van der Waals surface area contributed by atoms with Gasteiger partial charge >= 0.3 is 0 Å². The first-order valence-corrected chi connectivity index (χ1v) is 3.68. The van der Waals surface area contributed by atoms with Crippen molar-refractivity contribution in [3.8, 4) is 0 Å². The van der Waals surface area contributed by atoms with Crippen molar-refractivity contribution in [1.82, 2.24) is 0 Å². The second-order valence-corrected chi connectivity index (χ2v) is 2.44. The molecule has 10 heavy (non-hydrogen) atoms. The first kappa shape index (κ1) is 9.56. The molecule has 0 aromatic rings. The molecule has 0 spiro atoms. The molecule has 3 nitrogen and oxygen atoms in total. The first-order chi connectivity index (χ1) is 4.70. The van der Waals surface area contributed by atoms with Crippen molar-refractivity contribution in [3.63, 3.8) is 0 Å². The van der Waals surface area contributed by atoms with Crippen molar-refractivity contribution < 1.29 is 4.74 Å². The van der Waals surface area contributed by atoms with Gasteiger partial charge in [0.2, 0.25) is 0 Å². The number of nitrogens with zero attached hydrogens (tertiary/aromatic N) is 1. The Hall–Kier alpha value is -0.440. The van der Waals surface area contributed by atoms with Gasteiger partial charge in [-0.25, -0.2) is 0 Å². The zero-order valence-corrected chi connectivity index (χ0v) is 6.83. The van der Waals surface area contributed by atoms with Crippen LogP contribution < -0.4 is 0 Å². The summed E-state index contributed by atoms with van der Waals surface area (Å²) in [6.07, 6.45) is 1.71. The highest BCUT2D eigenvalue weighted by Gasteiger charge is 2.05. The lowest BCUT2D eigenvalue weighted by Gasteiger charge is -2.12. The lowest BCUT2D eigenvalue weighted by atomic mass is 10.2. The van der Waals surface area contributed by atoms with Crippen molar-refractivity contribution in [2.45, 2.75) is 45.9 Å². The molecule has 0 rings (SSSR count). The average Bonchev–Trinajstić information content (AvgIpc) is 1.88. The van der Waals surface area contributed by atoms with E-state index in [0.717, 1.165) is 12.8 Å². The van der Waals surface area contributed by atoms with Gasteiger partial charge in [0.1, 0.15) is 0 Å². The molecule has 60 valence electrons. The number of nitroso groups, excluding NO2 is 1. The van der Waals surface area contributed by atoms with E-state index < -0.39 is 6.23 Å². The Bertz CT molecular complexity index is 95.6. The van der Waals surface area contributed by atoms with E-state index in [4.69, 9.17) is 4.74 Å². The van der Waals surface area contributed by atoms with E-state index in [0.29, 0.717) is 0 Å². The third-order valence-electron chi connectivity index (χ3n) is 1.27. The van der Waals surface area contributed by atoms with Gasteiger partial charge in [0.15, 0.2) is 6.23 Å². The predicted octanol–water partition coefficient (Wildman–Crippen LogP) is 2.30. The third kappa shape index (κ3) is 4.44. The molecule has 0 N–H and O–H groups in total. The van der Waals surface area contributed by atoms with Crippen LogP contribution in [0.25, 0.3) is 0 Å². The van der Waals surface area contributed by atoms with Gasteiger partial charge < -0.3 is 4.74 Å². The Morgan fingerprint density at radius 1 is 1.50 bits per heavy atom. The van der Waals surface area contributed by atoms with Crippen LogP contribution in [0, 0.1) is 4.91 Å². The molecular weight excluding hydrogens is 130 g/mol. The molecular formula is C7H15NO2. The average molecular weight is 145 g/mol. The molecule has 0 aliphatic rings. The minimum absolute atomic E-state index is 0.151. The van der Waals surface area contributed by atoms with Crippen LogP contribution in [0.15, 0.2) is 5.18 Å². The van der Waals surface area contributed by atoms with Crippen LogP contribution in [0.5, 0.6) is 0 Å². The molecule has 0 aliphatic carbocycles. The fourth-order valence-corrected chi connectivity index (χ4v) is 0.836. The van der Waals surface area contributed by atoms with Gasteiger partial charge in [0, 0.05) is 0 Å². The van der Waals surface area contributed by atoms with E-state index in [1.807, 2.05) is 6.92 Å². The van der Waals surface area contributed by atoms with E-state index in [-0.39, 0.29) is 6.10 Å². The molecule has 0 saturated heterocycles. The van der Waals surface area contributed by atoms with E-state index in [1.54, 1.807) is 6.92 Å². The molecule has 0 aromatic heterocycles. The van der Waals surface area contributed by atoms with Crippen molar-refractivity contribution in [1.29, 1.82) is 0 Å². The second-order valence-electron chi connectivity index (χ2n) is 2.44. The molecule has 0 radical (unpaired) electrons. The highest BCUT2D eigenvalue weighted by molar-refractivity contribution is 4.51. The highest BCUT2D eigenvalue weighted by Crippen LogP contribution is 2.04. The normalized spacial score (nSPS) is 16.3. The predicted molar refractivity (Wildman–Crippen MR) is 40.7 cm³/mol. The molecule has 0 aromatic carbocycles. The van der Waals surface area contributed by atoms with Gasteiger partial charge in [-0.1, -0.05) is 13.3 Å². The van der Waals surface area contributed by atoms with Gasteiger partial charge in [-0.15, -0.1) is 4.91 Å². The van der Waals surface area contributed by atoms with Crippen molar-refractivity contribution >= 4 is 0 Å². The lowest BCUT2D eigenvalue weighted by Crippen LogP contribution is -2.14. The summed E-state index contributed by atoms with van der Waals surface area (Å²) in [5, 5.41) is 2.74. The van der Waals surface area contributed by atoms with Crippen LogP contribution in [-0.4, -0.2) is 12.3 Å². The SMILES string of the molecule is CCCC(C)OC(C)N=O. The maximum absolute atomic E-state index is 9.87. The lowest BCUT2D eigenvalue weighted by molar-refractivity contribution is 0.00806. The van der Waals surface area contributed by atoms with E-state index in [2.05, 4.69) is 12.1 Å². The molecule has 2 unspecified atom stereocenters. The largest absolute Gasteiger partial charge is 0.350 e. The Kier molecular flexibility index (Phi) is 5.12. The number of hydrogen-bond acceptors (Lipinski definition) is 3. The molecule has 0 amide bonds. The van der Waals surface area contributed by atoms with Gasteiger partial charge in [-0.05, 0) is 25.4 Å². The standard InChI is InChI=1S/C7H15NO2/c1-4-5-6(2)10-7(3)8-9/h6-7H,4-5H2,1-3H3. The quantitative estimate of drug-likeness (QED) is 0.557. The Morgan fingerprint density at radius 3 is 2.50 bits per heavy atom. The Labute approximate surface area is 61.7 Å². The highest BCUT2D eigenvalue weighted by atomic mass is 16.5.